The number of carbonyl (C=O) groups excluding carboxylic acids is 2. The Kier molecular flexibility index (Phi) is 3.55. The molecule has 2 aliphatic carbocycles. The number of anilines is 1. The van der Waals surface area contributed by atoms with Gasteiger partial charge in [0.2, 0.25) is 11.8 Å². The first-order chi connectivity index (χ1) is 12.0. The normalized spacial score (nSPS) is 29.4. The van der Waals surface area contributed by atoms with Gasteiger partial charge in [-0.05, 0) is 30.7 Å². The van der Waals surface area contributed by atoms with Crippen LogP contribution in [0.1, 0.15) is 12.0 Å². The molecule has 4 rings (SSSR count). The molecule has 1 N–H and O–H groups in total. The van der Waals surface area contributed by atoms with Gasteiger partial charge in [0.05, 0.1) is 16.8 Å². The van der Waals surface area contributed by atoms with Crippen molar-refractivity contribution < 1.29 is 14.5 Å². The lowest BCUT2D eigenvalue weighted by Crippen LogP contribution is -2.36. The number of nitro groups is 1. The first-order valence-electron chi connectivity index (χ1n) is 8.36. The van der Waals surface area contributed by atoms with Crippen LogP contribution in [-0.4, -0.2) is 39.7 Å². The molecule has 130 valence electrons. The topological polar surface area (TPSA) is 105 Å². The second-order valence-corrected chi connectivity index (χ2v) is 6.87. The number of nitrogens with one attached hydrogen (secondary N) is 1. The van der Waals surface area contributed by atoms with Crippen LogP contribution >= 0.6 is 0 Å². The van der Waals surface area contributed by atoms with Gasteiger partial charge in [0, 0.05) is 19.2 Å². The van der Waals surface area contributed by atoms with Crippen LogP contribution in [0.25, 0.3) is 0 Å². The predicted octanol–water partition coefficient (Wildman–Crippen LogP) is 1.52. The van der Waals surface area contributed by atoms with Crippen molar-refractivity contribution in [2.24, 2.45) is 23.7 Å². The van der Waals surface area contributed by atoms with E-state index in [4.69, 9.17) is 0 Å². The van der Waals surface area contributed by atoms with Crippen molar-refractivity contribution in [2.45, 2.75) is 13.3 Å². The number of hydrogen-bond acceptors (Lipinski definition) is 6. The number of likely N-dealkylation sites (tertiary alicyclic amines) is 1. The molecule has 2 bridgehead atoms. The van der Waals surface area contributed by atoms with E-state index in [2.05, 4.69) is 22.5 Å². The average Bonchev–Trinajstić information content (AvgIpc) is 3.25. The maximum atomic E-state index is 12.6. The minimum absolute atomic E-state index is 0.0660. The van der Waals surface area contributed by atoms with Gasteiger partial charge >= 0.3 is 0 Å². The lowest BCUT2D eigenvalue weighted by molar-refractivity contribution is -0.385. The summed E-state index contributed by atoms with van der Waals surface area (Å²) in [6.45, 7) is 2.37. The molecule has 2 heterocycles. The first-order valence-corrected chi connectivity index (χ1v) is 8.36. The number of allylic oxidation sites excluding steroid dienone is 2. The summed E-state index contributed by atoms with van der Waals surface area (Å²) in [6.07, 6.45) is 6.26. The maximum Gasteiger partial charge on any atom is 0.287 e. The van der Waals surface area contributed by atoms with E-state index >= 15 is 0 Å². The van der Waals surface area contributed by atoms with Crippen molar-refractivity contribution in [1.82, 2.24) is 9.88 Å². The molecule has 3 aliphatic rings. The molecular formula is C17H18N4O4. The molecule has 0 unspecified atom stereocenters. The molecule has 1 aromatic rings. The van der Waals surface area contributed by atoms with Crippen LogP contribution in [0.2, 0.25) is 0 Å². The summed E-state index contributed by atoms with van der Waals surface area (Å²) in [5.74, 6) is 0.449. The SMILES string of the molecule is Cc1cc([N+](=O)[O-])cnc1NCCN1C(=O)[C@@H]2[C@@H](C1=O)[C@H]1C=C[C@H]2C1. The number of pyridine rings is 1. The Labute approximate surface area is 144 Å². The fraction of sp³-hybridized carbons (Fsp3) is 0.471. The third-order valence-electron chi connectivity index (χ3n) is 5.46. The number of imide groups is 1. The van der Waals surface area contributed by atoms with Gasteiger partial charge < -0.3 is 5.32 Å². The molecule has 25 heavy (non-hydrogen) atoms. The minimum Gasteiger partial charge on any atom is -0.368 e. The van der Waals surface area contributed by atoms with Crippen LogP contribution < -0.4 is 5.32 Å². The van der Waals surface area contributed by atoms with Gasteiger partial charge in [-0.25, -0.2) is 4.98 Å². The molecule has 0 spiro atoms. The van der Waals surface area contributed by atoms with E-state index in [1.165, 1.54) is 17.2 Å². The Morgan fingerprint density at radius 1 is 1.28 bits per heavy atom. The van der Waals surface area contributed by atoms with E-state index < -0.39 is 4.92 Å². The second-order valence-electron chi connectivity index (χ2n) is 6.87. The number of rotatable bonds is 5. The number of fused-ring (bicyclic) bond motifs is 5. The Hall–Kier alpha value is -2.77. The Balaban J connectivity index is 1.39. The summed E-state index contributed by atoms with van der Waals surface area (Å²) in [4.78, 5) is 40.8. The number of hydrogen-bond donors (Lipinski definition) is 1. The summed E-state index contributed by atoms with van der Waals surface area (Å²) in [6, 6.07) is 1.44. The monoisotopic (exact) mass is 342 g/mol. The molecule has 2 amide bonds. The van der Waals surface area contributed by atoms with E-state index in [0.717, 1.165) is 6.42 Å². The minimum atomic E-state index is -0.494. The molecule has 8 heteroatoms. The fourth-order valence-electron chi connectivity index (χ4n) is 4.32. The molecule has 8 nitrogen and oxygen atoms in total. The zero-order valence-electron chi connectivity index (χ0n) is 13.7. The highest BCUT2D eigenvalue weighted by Crippen LogP contribution is 2.52. The highest BCUT2D eigenvalue weighted by molar-refractivity contribution is 6.06. The summed E-state index contributed by atoms with van der Waals surface area (Å²) in [5.41, 5.74) is 0.580. The molecule has 1 saturated heterocycles. The van der Waals surface area contributed by atoms with Gasteiger partial charge in [-0.2, -0.15) is 0 Å². The van der Waals surface area contributed by atoms with Crippen LogP contribution in [0.3, 0.4) is 0 Å². The van der Waals surface area contributed by atoms with Gasteiger partial charge in [-0.1, -0.05) is 12.2 Å². The third-order valence-corrected chi connectivity index (χ3v) is 5.46. The molecule has 0 radical (unpaired) electrons. The van der Waals surface area contributed by atoms with Crippen LogP contribution in [0.4, 0.5) is 11.5 Å². The van der Waals surface area contributed by atoms with Crippen LogP contribution in [0.15, 0.2) is 24.4 Å². The van der Waals surface area contributed by atoms with Crippen molar-refractivity contribution >= 4 is 23.3 Å². The smallest absolute Gasteiger partial charge is 0.287 e. The lowest BCUT2D eigenvalue weighted by Gasteiger charge is -2.18. The first kappa shape index (κ1) is 15.7. The fourth-order valence-corrected chi connectivity index (χ4v) is 4.32. The van der Waals surface area contributed by atoms with Gasteiger partial charge in [0.1, 0.15) is 12.0 Å². The molecule has 1 aromatic heterocycles. The predicted molar refractivity (Wildman–Crippen MR) is 88.6 cm³/mol. The lowest BCUT2D eigenvalue weighted by atomic mass is 9.85. The molecule has 0 aromatic carbocycles. The standard InChI is InChI=1S/C17H18N4O4/c1-9-6-12(21(24)25)8-19-15(9)18-4-5-20-16(22)13-10-2-3-11(7-10)14(13)17(20)23/h2-3,6,8,10-11,13-14H,4-5,7H2,1H3,(H,18,19)/t10-,11-,13-,14-/m0/s1. The molecule has 2 fully saturated rings. The van der Waals surface area contributed by atoms with Crippen molar-refractivity contribution in [3.8, 4) is 0 Å². The quantitative estimate of drug-likeness (QED) is 0.376. The number of aryl methyl sites for hydroxylation is 1. The Bertz CT molecular complexity index is 776. The summed E-state index contributed by atoms with van der Waals surface area (Å²) >= 11 is 0. The van der Waals surface area contributed by atoms with Crippen molar-refractivity contribution in [2.75, 3.05) is 18.4 Å². The van der Waals surface area contributed by atoms with Crippen LogP contribution in [0.5, 0.6) is 0 Å². The Morgan fingerprint density at radius 3 is 2.48 bits per heavy atom. The number of carbonyl (C=O) groups is 2. The van der Waals surface area contributed by atoms with Crippen LogP contribution in [0, 0.1) is 40.7 Å². The third kappa shape index (κ3) is 2.40. The van der Waals surface area contributed by atoms with Crippen LogP contribution in [-0.2, 0) is 9.59 Å². The highest BCUT2D eigenvalue weighted by Gasteiger charge is 2.58. The van der Waals surface area contributed by atoms with E-state index in [1.807, 2.05) is 0 Å². The number of aromatic nitrogens is 1. The molecular weight excluding hydrogens is 324 g/mol. The van der Waals surface area contributed by atoms with Gasteiger partial charge in [0.25, 0.3) is 5.69 Å². The van der Waals surface area contributed by atoms with E-state index in [-0.39, 0.29) is 47.7 Å². The van der Waals surface area contributed by atoms with Crippen molar-refractivity contribution in [3.05, 3.63) is 40.1 Å². The van der Waals surface area contributed by atoms with Crippen molar-refractivity contribution in [1.29, 1.82) is 0 Å². The van der Waals surface area contributed by atoms with Crippen molar-refractivity contribution in [3.63, 3.8) is 0 Å². The molecule has 4 atom stereocenters. The summed E-state index contributed by atoms with van der Waals surface area (Å²) in [7, 11) is 0. The van der Waals surface area contributed by atoms with E-state index in [1.54, 1.807) is 6.92 Å². The number of amides is 2. The average molecular weight is 342 g/mol. The number of nitrogens with zero attached hydrogens (tertiary/aromatic N) is 3. The van der Waals surface area contributed by atoms with E-state index in [9.17, 15) is 19.7 Å². The van der Waals surface area contributed by atoms with Gasteiger partial charge in [-0.3, -0.25) is 24.6 Å². The maximum absolute atomic E-state index is 12.6. The zero-order chi connectivity index (χ0) is 17.7. The second kappa shape index (κ2) is 5.65. The van der Waals surface area contributed by atoms with Gasteiger partial charge in [-0.15, -0.1) is 0 Å². The van der Waals surface area contributed by atoms with Gasteiger partial charge in [0.15, 0.2) is 0 Å². The van der Waals surface area contributed by atoms with E-state index in [0.29, 0.717) is 17.9 Å². The largest absolute Gasteiger partial charge is 0.368 e. The molecule has 1 aliphatic heterocycles. The Morgan fingerprint density at radius 2 is 1.92 bits per heavy atom. The summed E-state index contributed by atoms with van der Waals surface area (Å²) in [5, 5.41) is 13.8. The summed E-state index contributed by atoms with van der Waals surface area (Å²) < 4.78 is 0. The highest BCUT2D eigenvalue weighted by atomic mass is 16.6. The zero-order valence-corrected chi connectivity index (χ0v) is 13.7. The molecule has 1 saturated carbocycles.